The fourth-order valence-corrected chi connectivity index (χ4v) is 2.57. The summed E-state index contributed by atoms with van der Waals surface area (Å²) in [6, 6.07) is 20.4. The van der Waals surface area contributed by atoms with E-state index in [0.29, 0.717) is 32.5 Å². The van der Waals surface area contributed by atoms with Gasteiger partial charge in [-0.1, -0.05) is 41.4 Å². The Morgan fingerprint density at radius 1 is 0.615 bits per heavy atom. The van der Waals surface area contributed by atoms with Gasteiger partial charge in [-0.2, -0.15) is 0 Å². The van der Waals surface area contributed by atoms with Gasteiger partial charge in [-0.3, -0.25) is 9.59 Å². The van der Waals surface area contributed by atoms with Gasteiger partial charge < -0.3 is 10.6 Å². The Kier molecular flexibility index (Phi) is 5.56. The van der Waals surface area contributed by atoms with Gasteiger partial charge in [0.1, 0.15) is 0 Å². The van der Waals surface area contributed by atoms with E-state index < -0.39 is 0 Å². The molecule has 0 heterocycles. The van der Waals surface area contributed by atoms with Crippen LogP contribution in [0, 0.1) is 0 Å². The number of nitrogens with one attached hydrogen (secondary N) is 2. The van der Waals surface area contributed by atoms with E-state index in [0.717, 1.165) is 0 Å². The summed E-state index contributed by atoms with van der Waals surface area (Å²) in [5.74, 6) is -0.497. The molecule has 0 bridgehead atoms. The van der Waals surface area contributed by atoms with Crippen LogP contribution in [0.5, 0.6) is 0 Å². The fourth-order valence-electron chi connectivity index (χ4n) is 2.27. The van der Waals surface area contributed by atoms with Crippen molar-refractivity contribution in [3.8, 4) is 0 Å². The Hall–Kier alpha value is -2.82. The molecule has 0 saturated heterocycles. The summed E-state index contributed by atoms with van der Waals surface area (Å²) in [4.78, 5) is 24.4. The van der Waals surface area contributed by atoms with Gasteiger partial charge in [0.2, 0.25) is 0 Å². The first kappa shape index (κ1) is 18.0. The van der Waals surface area contributed by atoms with Gasteiger partial charge in [-0.05, 0) is 54.6 Å². The van der Waals surface area contributed by atoms with Crippen molar-refractivity contribution in [3.05, 3.63) is 94.0 Å². The second kappa shape index (κ2) is 8.04. The molecule has 3 aromatic rings. The Labute approximate surface area is 160 Å². The molecular weight excluding hydrogens is 371 g/mol. The second-order valence-corrected chi connectivity index (χ2v) is 6.29. The lowest BCUT2D eigenvalue weighted by Crippen LogP contribution is -2.13. The summed E-state index contributed by atoms with van der Waals surface area (Å²) < 4.78 is 0. The summed E-state index contributed by atoms with van der Waals surface area (Å²) in [5.41, 5.74) is 2.17. The topological polar surface area (TPSA) is 58.2 Å². The van der Waals surface area contributed by atoms with Crippen molar-refractivity contribution in [3.63, 3.8) is 0 Å². The smallest absolute Gasteiger partial charge is 0.255 e. The van der Waals surface area contributed by atoms with Gasteiger partial charge in [0.25, 0.3) is 11.8 Å². The van der Waals surface area contributed by atoms with Crippen molar-refractivity contribution < 1.29 is 9.59 Å². The molecule has 2 amide bonds. The van der Waals surface area contributed by atoms with Crippen molar-refractivity contribution in [2.45, 2.75) is 0 Å². The zero-order valence-electron chi connectivity index (χ0n) is 13.5. The van der Waals surface area contributed by atoms with Crippen LogP contribution < -0.4 is 10.6 Å². The number of carbonyl (C=O) groups excluding carboxylic acids is 2. The maximum atomic E-state index is 12.3. The van der Waals surface area contributed by atoms with Crippen LogP contribution in [0.3, 0.4) is 0 Å². The normalized spacial score (nSPS) is 10.2. The SMILES string of the molecule is O=C(Nc1ccc(C(=O)Nc2ccc(Cl)c(Cl)c2)cc1)c1ccccc1. The highest BCUT2D eigenvalue weighted by molar-refractivity contribution is 6.42. The van der Waals surface area contributed by atoms with Gasteiger partial charge in [0.05, 0.1) is 10.0 Å². The third-order valence-electron chi connectivity index (χ3n) is 3.62. The summed E-state index contributed by atoms with van der Waals surface area (Å²) in [5, 5.41) is 6.31. The average Bonchev–Trinajstić information content (AvgIpc) is 2.66. The molecule has 0 aliphatic rings. The Bertz CT molecular complexity index is 942. The van der Waals surface area contributed by atoms with Gasteiger partial charge >= 0.3 is 0 Å². The number of rotatable bonds is 4. The largest absolute Gasteiger partial charge is 0.322 e. The number of carbonyl (C=O) groups is 2. The number of halogens is 2. The predicted octanol–water partition coefficient (Wildman–Crippen LogP) is 5.50. The van der Waals surface area contributed by atoms with Crippen LogP contribution in [0.4, 0.5) is 11.4 Å². The third-order valence-corrected chi connectivity index (χ3v) is 4.36. The average molecular weight is 385 g/mol. The summed E-state index contributed by atoms with van der Waals surface area (Å²) >= 11 is 11.8. The first-order chi connectivity index (χ1) is 12.5. The van der Waals surface area contributed by atoms with E-state index >= 15 is 0 Å². The van der Waals surface area contributed by atoms with E-state index in [1.54, 1.807) is 66.7 Å². The lowest BCUT2D eigenvalue weighted by atomic mass is 10.1. The molecule has 3 rings (SSSR count). The van der Waals surface area contributed by atoms with Crippen molar-refractivity contribution in [2.24, 2.45) is 0 Å². The van der Waals surface area contributed by atoms with Gasteiger partial charge in [0, 0.05) is 22.5 Å². The van der Waals surface area contributed by atoms with Gasteiger partial charge in [0.15, 0.2) is 0 Å². The molecule has 0 radical (unpaired) electrons. The molecule has 0 unspecified atom stereocenters. The number of hydrogen-bond donors (Lipinski definition) is 2. The predicted molar refractivity (Wildman–Crippen MR) is 105 cm³/mol. The molecule has 4 nitrogen and oxygen atoms in total. The van der Waals surface area contributed by atoms with E-state index in [9.17, 15) is 9.59 Å². The first-order valence-corrected chi connectivity index (χ1v) is 8.51. The molecule has 0 atom stereocenters. The lowest BCUT2D eigenvalue weighted by molar-refractivity contribution is 0.102. The Morgan fingerprint density at radius 2 is 1.15 bits per heavy atom. The molecule has 26 heavy (non-hydrogen) atoms. The maximum Gasteiger partial charge on any atom is 0.255 e. The number of anilines is 2. The van der Waals surface area contributed by atoms with Gasteiger partial charge in [-0.15, -0.1) is 0 Å². The quantitative estimate of drug-likeness (QED) is 0.623. The summed E-state index contributed by atoms with van der Waals surface area (Å²) in [6.07, 6.45) is 0. The molecule has 2 N–H and O–H groups in total. The van der Waals surface area contributed by atoms with E-state index in [2.05, 4.69) is 10.6 Å². The van der Waals surface area contributed by atoms with Crippen LogP contribution in [0.2, 0.25) is 10.0 Å². The van der Waals surface area contributed by atoms with Gasteiger partial charge in [-0.25, -0.2) is 0 Å². The van der Waals surface area contributed by atoms with Crippen molar-refractivity contribution in [2.75, 3.05) is 10.6 Å². The van der Waals surface area contributed by atoms with Crippen molar-refractivity contribution >= 4 is 46.4 Å². The van der Waals surface area contributed by atoms with Crippen LogP contribution in [0.25, 0.3) is 0 Å². The van der Waals surface area contributed by atoms with Crippen LogP contribution in [-0.2, 0) is 0 Å². The highest BCUT2D eigenvalue weighted by Gasteiger charge is 2.09. The first-order valence-electron chi connectivity index (χ1n) is 7.76. The van der Waals surface area contributed by atoms with Crippen molar-refractivity contribution in [1.82, 2.24) is 0 Å². The second-order valence-electron chi connectivity index (χ2n) is 5.48. The van der Waals surface area contributed by atoms with Crippen LogP contribution in [0.1, 0.15) is 20.7 Å². The molecule has 0 spiro atoms. The minimum absolute atomic E-state index is 0.210. The monoisotopic (exact) mass is 384 g/mol. The maximum absolute atomic E-state index is 12.3. The number of benzene rings is 3. The van der Waals surface area contributed by atoms with E-state index in [-0.39, 0.29) is 11.8 Å². The molecule has 0 aliphatic carbocycles. The lowest BCUT2D eigenvalue weighted by Gasteiger charge is -2.08. The Balaban J connectivity index is 1.66. The zero-order chi connectivity index (χ0) is 18.5. The fraction of sp³-hybridized carbons (Fsp3) is 0. The number of hydrogen-bond acceptors (Lipinski definition) is 2. The van der Waals surface area contributed by atoms with Crippen LogP contribution in [-0.4, -0.2) is 11.8 Å². The highest BCUT2D eigenvalue weighted by atomic mass is 35.5. The highest BCUT2D eigenvalue weighted by Crippen LogP contribution is 2.25. The zero-order valence-corrected chi connectivity index (χ0v) is 15.0. The molecule has 6 heteroatoms. The minimum Gasteiger partial charge on any atom is -0.322 e. The molecule has 3 aromatic carbocycles. The molecule has 0 aliphatic heterocycles. The summed E-state index contributed by atoms with van der Waals surface area (Å²) in [6.45, 7) is 0. The number of amides is 2. The van der Waals surface area contributed by atoms with E-state index in [1.165, 1.54) is 0 Å². The molecule has 130 valence electrons. The summed E-state index contributed by atoms with van der Waals surface area (Å²) in [7, 11) is 0. The molecule has 0 fully saturated rings. The van der Waals surface area contributed by atoms with Crippen molar-refractivity contribution in [1.29, 1.82) is 0 Å². The molecular formula is C20H14Cl2N2O2. The van der Waals surface area contributed by atoms with E-state index in [4.69, 9.17) is 23.2 Å². The third kappa shape index (κ3) is 4.42. The standard InChI is InChI=1S/C20H14Cl2N2O2/c21-17-11-10-16(12-18(17)22)24-20(26)14-6-8-15(9-7-14)23-19(25)13-4-2-1-3-5-13/h1-12H,(H,23,25)(H,24,26). The van der Waals surface area contributed by atoms with Crippen LogP contribution >= 0.6 is 23.2 Å². The van der Waals surface area contributed by atoms with E-state index in [1.807, 2.05) is 6.07 Å². The van der Waals surface area contributed by atoms with Crippen LogP contribution in [0.15, 0.2) is 72.8 Å². The minimum atomic E-state index is -0.288. The Morgan fingerprint density at radius 3 is 1.77 bits per heavy atom. The molecule has 0 aromatic heterocycles. The molecule has 0 saturated carbocycles.